The van der Waals surface area contributed by atoms with E-state index in [-0.39, 0.29) is 11.4 Å². The molecule has 3 aromatic rings. The molecule has 0 radical (unpaired) electrons. The van der Waals surface area contributed by atoms with Crippen molar-refractivity contribution in [1.29, 1.82) is 0 Å². The predicted octanol–water partition coefficient (Wildman–Crippen LogP) is 4.25. The number of halogens is 1. The van der Waals surface area contributed by atoms with Crippen molar-refractivity contribution in [2.75, 3.05) is 13.2 Å². The van der Waals surface area contributed by atoms with Crippen molar-refractivity contribution >= 4 is 22.7 Å². The fraction of sp³-hybridized carbons (Fsp3) is 0.300. The van der Waals surface area contributed by atoms with Crippen LogP contribution in [-0.2, 0) is 17.0 Å². The molecule has 3 rings (SSSR count). The standard InChI is InChI=1S/C20H21FN2O2S/c1-2-25-12-6-11-23-19(24)17-9-3-4-10-18(17)22-20(23)26-14-15-7-5-8-16(21)13-15/h3-5,7-10,13H,2,6,11-12,14H2,1H3. The molecule has 0 saturated heterocycles. The number of benzene rings is 2. The number of rotatable bonds is 8. The number of hydrogen-bond donors (Lipinski definition) is 0. The SMILES string of the molecule is CCOCCCn1c(SCc2cccc(F)c2)nc2ccccc2c1=O. The van der Waals surface area contributed by atoms with Gasteiger partial charge in [0.2, 0.25) is 0 Å². The first-order valence-corrected chi connectivity index (χ1v) is 9.62. The molecule has 0 bridgehead atoms. The summed E-state index contributed by atoms with van der Waals surface area (Å²) in [6, 6.07) is 13.8. The molecule has 2 aromatic carbocycles. The Labute approximate surface area is 156 Å². The van der Waals surface area contributed by atoms with Gasteiger partial charge in [0.25, 0.3) is 5.56 Å². The fourth-order valence-corrected chi connectivity index (χ4v) is 3.67. The van der Waals surface area contributed by atoms with E-state index in [1.54, 1.807) is 16.7 Å². The van der Waals surface area contributed by atoms with Gasteiger partial charge in [-0.05, 0) is 43.2 Å². The third kappa shape index (κ3) is 4.51. The molecule has 0 saturated carbocycles. The van der Waals surface area contributed by atoms with Crippen LogP contribution in [0.4, 0.5) is 4.39 Å². The van der Waals surface area contributed by atoms with E-state index in [9.17, 15) is 9.18 Å². The Balaban J connectivity index is 1.89. The molecule has 6 heteroatoms. The van der Waals surface area contributed by atoms with Gasteiger partial charge in [0.1, 0.15) is 5.82 Å². The quantitative estimate of drug-likeness (QED) is 0.337. The minimum absolute atomic E-state index is 0.0474. The summed E-state index contributed by atoms with van der Waals surface area (Å²) in [6.45, 7) is 3.75. The Hall–Kier alpha value is -2.18. The van der Waals surface area contributed by atoms with Crippen LogP contribution in [0.5, 0.6) is 0 Å². The van der Waals surface area contributed by atoms with Crippen LogP contribution in [0, 0.1) is 5.82 Å². The molecule has 136 valence electrons. The molecule has 0 aliphatic rings. The second kappa shape index (κ2) is 8.96. The van der Waals surface area contributed by atoms with Gasteiger partial charge >= 0.3 is 0 Å². The number of nitrogens with zero attached hydrogens (tertiary/aromatic N) is 2. The van der Waals surface area contributed by atoms with Gasteiger partial charge in [0, 0.05) is 25.5 Å². The van der Waals surface area contributed by atoms with E-state index >= 15 is 0 Å². The molecule has 0 aliphatic heterocycles. The molecule has 0 unspecified atom stereocenters. The maximum absolute atomic E-state index is 13.4. The normalized spacial score (nSPS) is 11.2. The Morgan fingerprint density at radius 1 is 1.19 bits per heavy atom. The van der Waals surface area contributed by atoms with E-state index in [0.717, 1.165) is 12.0 Å². The van der Waals surface area contributed by atoms with Gasteiger partial charge in [-0.2, -0.15) is 0 Å². The maximum Gasteiger partial charge on any atom is 0.262 e. The first-order chi connectivity index (χ1) is 12.7. The summed E-state index contributed by atoms with van der Waals surface area (Å²) >= 11 is 1.45. The lowest BCUT2D eigenvalue weighted by Crippen LogP contribution is -2.24. The molecule has 0 aliphatic carbocycles. The van der Waals surface area contributed by atoms with E-state index in [1.807, 2.05) is 31.2 Å². The predicted molar refractivity (Wildman–Crippen MR) is 103 cm³/mol. The largest absolute Gasteiger partial charge is 0.382 e. The molecule has 0 N–H and O–H groups in total. The Bertz CT molecular complexity index is 942. The first-order valence-electron chi connectivity index (χ1n) is 8.63. The summed E-state index contributed by atoms with van der Waals surface area (Å²) in [5.74, 6) is 0.289. The van der Waals surface area contributed by atoms with Crippen molar-refractivity contribution in [3.8, 4) is 0 Å². The third-order valence-corrected chi connectivity index (χ3v) is 5.01. The van der Waals surface area contributed by atoms with Crippen molar-refractivity contribution in [2.45, 2.75) is 30.8 Å². The minimum atomic E-state index is -0.260. The van der Waals surface area contributed by atoms with Gasteiger partial charge in [-0.15, -0.1) is 0 Å². The van der Waals surface area contributed by atoms with Crippen LogP contribution < -0.4 is 5.56 Å². The maximum atomic E-state index is 13.4. The van der Waals surface area contributed by atoms with Crippen molar-refractivity contribution in [3.05, 3.63) is 70.3 Å². The van der Waals surface area contributed by atoms with Crippen molar-refractivity contribution in [2.24, 2.45) is 0 Å². The average molecular weight is 372 g/mol. The van der Waals surface area contributed by atoms with Gasteiger partial charge in [0.05, 0.1) is 10.9 Å². The van der Waals surface area contributed by atoms with Gasteiger partial charge in [0.15, 0.2) is 5.16 Å². The molecule has 0 spiro atoms. The molecular formula is C20H21FN2O2S. The summed E-state index contributed by atoms with van der Waals surface area (Å²) in [6.07, 6.45) is 0.737. The Morgan fingerprint density at radius 2 is 2.04 bits per heavy atom. The average Bonchev–Trinajstić information content (AvgIpc) is 2.65. The lowest BCUT2D eigenvalue weighted by Gasteiger charge is -2.13. The Morgan fingerprint density at radius 3 is 2.85 bits per heavy atom. The highest BCUT2D eigenvalue weighted by Crippen LogP contribution is 2.22. The topological polar surface area (TPSA) is 44.1 Å². The molecule has 1 heterocycles. The monoisotopic (exact) mass is 372 g/mol. The second-order valence-electron chi connectivity index (χ2n) is 5.84. The van der Waals surface area contributed by atoms with Crippen LogP contribution >= 0.6 is 11.8 Å². The second-order valence-corrected chi connectivity index (χ2v) is 6.78. The van der Waals surface area contributed by atoms with E-state index < -0.39 is 0 Å². The third-order valence-electron chi connectivity index (χ3n) is 3.96. The van der Waals surface area contributed by atoms with Gasteiger partial charge in [-0.25, -0.2) is 9.37 Å². The van der Waals surface area contributed by atoms with Crippen LogP contribution in [-0.4, -0.2) is 22.8 Å². The number of para-hydroxylation sites is 1. The number of aromatic nitrogens is 2. The van der Waals surface area contributed by atoms with Crippen LogP contribution in [0.2, 0.25) is 0 Å². The summed E-state index contributed by atoms with van der Waals surface area (Å²) in [4.78, 5) is 17.6. The lowest BCUT2D eigenvalue weighted by molar-refractivity contribution is 0.140. The molecule has 26 heavy (non-hydrogen) atoms. The summed E-state index contributed by atoms with van der Waals surface area (Å²) in [5.41, 5.74) is 1.49. The summed E-state index contributed by atoms with van der Waals surface area (Å²) < 4.78 is 20.5. The van der Waals surface area contributed by atoms with Crippen LogP contribution in [0.1, 0.15) is 18.9 Å². The molecule has 0 fully saturated rings. The summed E-state index contributed by atoms with van der Waals surface area (Å²) in [7, 11) is 0. The van der Waals surface area contributed by atoms with Gasteiger partial charge < -0.3 is 4.74 Å². The highest BCUT2D eigenvalue weighted by atomic mass is 32.2. The lowest BCUT2D eigenvalue weighted by atomic mass is 10.2. The highest BCUT2D eigenvalue weighted by Gasteiger charge is 2.11. The molecule has 1 aromatic heterocycles. The zero-order chi connectivity index (χ0) is 18.4. The van der Waals surface area contributed by atoms with Crippen molar-refractivity contribution in [3.63, 3.8) is 0 Å². The van der Waals surface area contributed by atoms with E-state index in [1.165, 1.54) is 23.9 Å². The Kier molecular flexibility index (Phi) is 6.41. The minimum Gasteiger partial charge on any atom is -0.382 e. The van der Waals surface area contributed by atoms with Crippen LogP contribution in [0.15, 0.2) is 58.5 Å². The van der Waals surface area contributed by atoms with Crippen LogP contribution in [0.25, 0.3) is 10.9 Å². The molecule has 0 amide bonds. The van der Waals surface area contributed by atoms with Crippen molar-refractivity contribution < 1.29 is 9.13 Å². The fourth-order valence-electron chi connectivity index (χ4n) is 2.70. The van der Waals surface area contributed by atoms with E-state index in [4.69, 9.17) is 4.74 Å². The van der Waals surface area contributed by atoms with Gasteiger partial charge in [-0.3, -0.25) is 9.36 Å². The zero-order valence-electron chi connectivity index (χ0n) is 14.7. The molecular weight excluding hydrogens is 351 g/mol. The smallest absolute Gasteiger partial charge is 0.262 e. The number of thioether (sulfide) groups is 1. The molecule has 4 nitrogen and oxygen atoms in total. The number of hydrogen-bond acceptors (Lipinski definition) is 4. The van der Waals surface area contributed by atoms with Crippen molar-refractivity contribution in [1.82, 2.24) is 9.55 Å². The first kappa shape index (κ1) is 18.6. The summed E-state index contributed by atoms with van der Waals surface area (Å²) in [5, 5.41) is 1.26. The number of ether oxygens (including phenoxy) is 1. The van der Waals surface area contributed by atoms with E-state index in [2.05, 4.69) is 4.98 Å². The molecule has 0 atom stereocenters. The highest BCUT2D eigenvalue weighted by molar-refractivity contribution is 7.98. The van der Waals surface area contributed by atoms with Crippen LogP contribution in [0.3, 0.4) is 0 Å². The number of fused-ring (bicyclic) bond motifs is 1. The zero-order valence-corrected chi connectivity index (χ0v) is 15.5. The van der Waals surface area contributed by atoms with E-state index in [0.29, 0.717) is 41.6 Å². The van der Waals surface area contributed by atoms with Gasteiger partial charge in [-0.1, -0.05) is 36.0 Å².